The Labute approximate surface area is 206 Å². The van der Waals surface area contributed by atoms with Gasteiger partial charge in [-0.1, -0.05) is 53.2 Å². The molecule has 1 N–H and O–H groups in total. The van der Waals surface area contributed by atoms with Crippen LogP contribution in [0.5, 0.6) is 0 Å². The fourth-order valence-electron chi connectivity index (χ4n) is 2.80. The van der Waals surface area contributed by atoms with E-state index in [-0.39, 0.29) is 11.7 Å². The first kappa shape index (κ1) is 22.7. The summed E-state index contributed by atoms with van der Waals surface area (Å²) in [6, 6.07) is 19.3. The van der Waals surface area contributed by atoms with Gasteiger partial charge in [-0.05, 0) is 59.3 Å². The summed E-state index contributed by atoms with van der Waals surface area (Å²) in [5, 5.41) is 14.0. The second kappa shape index (κ2) is 10.4. The number of nitrogens with one attached hydrogen (secondary N) is 1. The number of aromatic nitrogens is 3. The third kappa shape index (κ3) is 5.66. The fourth-order valence-corrected chi connectivity index (χ4v) is 4.97. The first-order valence-corrected chi connectivity index (χ1v) is 12.5. The van der Waals surface area contributed by atoms with Crippen molar-refractivity contribution in [3.63, 3.8) is 0 Å². The summed E-state index contributed by atoms with van der Waals surface area (Å²) in [5.41, 5.74) is 5.50. The summed E-state index contributed by atoms with van der Waals surface area (Å²) < 4.78 is 2.93. The van der Waals surface area contributed by atoms with Gasteiger partial charge in [-0.15, -0.1) is 21.5 Å². The van der Waals surface area contributed by atoms with Crippen LogP contribution < -0.4 is 5.43 Å². The zero-order chi connectivity index (χ0) is 22.5. The molecule has 0 unspecified atom stereocenters. The number of hydrogen-bond acceptors (Lipinski definition) is 6. The molecule has 2 heterocycles. The summed E-state index contributed by atoms with van der Waals surface area (Å²) in [7, 11) is 0. The third-order valence-corrected chi connectivity index (χ3v) is 7.07. The summed E-state index contributed by atoms with van der Waals surface area (Å²) in [4.78, 5) is 13.2. The molecular weight excluding hydrogens is 530 g/mol. The smallest absolute Gasteiger partial charge is 0.250 e. The van der Waals surface area contributed by atoms with E-state index in [0.29, 0.717) is 16.0 Å². The van der Waals surface area contributed by atoms with Crippen LogP contribution in [-0.4, -0.2) is 32.6 Å². The molecule has 4 rings (SSSR count). The van der Waals surface area contributed by atoms with Crippen molar-refractivity contribution < 1.29 is 4.79 Å². The van der Waals surface area contributed by atoms with E-state index in [0.717, 1.165) is 25.5 Å². The first-order chi connectivity index (χ1) is 15.5. The van der Waals surface area contributed by atoms with Crippen molar-refractivity contribution in [2.75, 3.05) is 5.75 Å². The van der Waals surface area contributed by atoms with Crippen molar-refractivity contribution in [3.05, 3.63) is 79.9 Å². The molecule has 0 aliphatic carbocycles. The molecule has 0 aliphatic rings. The lowest BCUT2D eigenvalue weighted by Gasteiger charge is -2.10. The van der Waals surface area contributed by atoms with Gasteiger partial charge in [0.05, 0.1) is 15.8 Å². The van der Waals surface area contributed by atoms with Crippen molar-refractivity contribution >= 4 is 62.8 Å². The Balaban J connectivity index is 1.52. The zero-order valence-corrected chi connectivity index (χ0v) is 20.8. The SMILES string of the molecule is Cc1ccc(-c2nnc(SCC(=O)NN=Cc3ccc(Br)s3)n2-c2ccc(Cl)cc2)cc1. The monoisotopic (exact) mass is 545 g/mol. The van der Waals surface area contributed by atoms with Gasteiger partial charge >= 0.3 is 0 Å². The van der Waals surface area contributed by atoms with Gasteiger partial charge in [0.1, 0.15) is 0 Å². The van der Waals surface area contributed by atoms with Gasteiger partial charge in [0.15, 0.2) is 11.0 Å². The highest BCUT2D eigenvalue weighted by molar-refractivity contribution is 9.11. The van der Waals surface area contributed by atoms with Gasteiger partial charge < -0.3 is 0 Å². The largest absolute Gasteiger partial charge is 0.272 e. The molecule has 0 spiro atoms. The van der Waals surface area contributed by atoms with E-state index in [1.54, 1.807) is 6.21 Å². The van der Waals surface area contributed by atoms with Crippen molar-refractivity contribution in [1.29, 1.82) is 0 Å². The molecule has 0 saturated heterocycles. The molecule has 10 heteroatoms. The Morgan fingerprint density at radius 2 is 1.91 bits per heavy atom. The van der Waals surface area contributed by atoms with Gasteiger partial charge in [0, 0.05) is 21.2 Å². The maximum atomic E-state index is 12.3. The number of thioether (sulfide) groups is 1. The Bertz CT molecular complexity index is 1250. The normalized spacial score (nSPS) is 11.2. The average Bonchev–Trinajstić information content (AvgIpc) is 3.39. The molecule has 2 aromatic carbocycles. The predicted molar refractivity (Wildman–Crippen MR) is 135 cm³/mol. The minimum Gasteiger partial charge on any atom is -0.272 e. The number of rotatable bonds is 7. The number of carbonyl (C=O) groups excluding carboxylic acids is 1. The maximum Gasteiger partial charge on any atom is 0.250 e. The lowest BCUT2D eigenvalue weighted by Crippen LogP contribution is -2.19. The summed E-state index contributed by atoms with van der Waals surface area (Å²) in [6.07, 6.45) is 1.61. The van der Waals surface area contributed by atoms with Gasteiger partial charge in [-0.3, -0.25) is 9.36 Å². The topological polar surface area (TPSA) is 72.2 Å². The number of nitrogens with zero attached hydrogens (tertiary/aromatic N) is 4. The van der Waals surface area contributed by atoms with Crippen LogP contribution in [0, 0.1) is 6.92 Å². The summed E-state index contributed by atoms with van der Waals surface area (Å²) in [5.74, 6) is 0.603. The van der Waals surface area contributed by atoms with Crippen molar-refractivity contribution in [2.24, 2.45) is 5.10 Å². The highest BCUT2D eigenvalue weighted by Gasteiger charge is 2.17. The zero-order valence-electron chi connectivity index (χ0n) is 16.8. The Hall–Kier alpha value is -2.46. The molecule has 0 bridgehead atoms. The predicted octanol–water partition coefficient (Wildman–Crippen LogP) is 5.96. The number of hydrazone groups is 1. The standard InChI is InChI=1S/C22H17BrClN5OS2/c1-14-2-4-15(5-3-14)21-27-28-22(29(21)17-8-6-16(24)7-9-17)31-13-20(30)26-25-12-18-10-11-19(23)32-18/h2-12H,13H2,1H3,(H,26,30). The van der Waals surface area contributed by atoms with Gasteiger partial charge in [0.25, 0.3) is 5.91 Å². The number of hydrogen-bond donors (Lipinski definition) is 1. The second-order valence-electron chi connectivity index (χ2n) is 6.71. The summed E-state index contributed by atoms with van der Waals surface area (Å²) >= 11 is 12.3. The number of halogens is 2. The maximum absolute atomic E-state index is 12.3. The second-order valence-corrected chi connectivity index (χ2v) is 10.6. The van der Waals surface area contributed by atoms with E-state index in [4.69, 9.17) is 11.6 Å². The number of amides is 1. The average molecular weight is 547 g/mol. The minimum atomic E-state index is -0.232. The Morgan fingerprint density at radius 3 is 2.59 bits per heavy atom. The molecule has 0 atom stereocenters. The van der Waals surface area contributed by atoms with E-state index >= 15 is 0 Å². The van der Waals surface area contributed by atoms with Crippen LogP contribution in [0.2, 0.25) is 5.02 Å². The fraction of sp³-hybridized carbons (Fsp3) is 0.0909. The van der Waals surface area contributed by atoms with E-state index in [2.05, 4.69) is 36.7 Å². The van der Waals surface area contributed by atoms with Crippen LogP contribution in [0.1, 0.15) is 10.4 Å². The number of benzene rings is 2. The highest BCUT2D eigenvalue weighted by atomic mass is 79.9. The molecule has 0 aliphatic heterocycles. The molecule has 162 valence electrons. The third-order valence-electron chi connectivity index (χ3n) is 4.34. The van der Waals surface area contributed by atoms with E-state index in [1.807, 2.05) is 72.2 Å². The Kier molecular flexibility index (Phi) is 7.41. The van der Waals surface area contributed by atoms with E-state index in [1.165, 1.54) is 23.1 Å². The number of carbonyl (C=O) groups is 1. The van der Waals surface area contributed by atoms with Crippen molar-refractivity contribution in [2.45, 2.75) is 12.1 Å². The molecule has 4 aromatic rings. The van der Waals surface area contributed by atoms with Crippen LogP contribution in [0.25, 0.3) is 17.1 Å². The van der Waals surface area contributed by atoms with Gasteiger partial charge in [-0.25, -0.2) is 5.43 Å². The molecule has 1 amide bonds. The molecule has 2 aromatic heterocycles. The van der Waals surface area contributed by atoms with Gasteiger partial charge in [-0.2, -0.15) is 5.10 Å². The van der Waals surface area contributed by atoms with Crippen LogP contribution in [-0.2, 0) is 4.79 Å². The van der Waals surface area contributed by atoms with Crippen LogP contribution in [0.4, 0.5) is 0 Å². The van der Waals surface area contributed by atoms with E-state index in [9.17, 15) is 4.79 Å². The molecular formula is C22H17BrClN5OS2. The molecule has 0 fully saturated rings. The van der Waals surface area contributed by atoms with Crippen LogP contribution >= 0.6 is 50.6 Å². The summed E-state index contributed by atoms with van der Waals surface area (Å²) in [6.45, 7) is 2.04. The number of thiophene rings is 1. The van der Waals surface area contributed by atoms with Crippen LogP contribution in [0.3, 0.4) is 0 Å². The Morgan fingerprint density at radius 1 is 1.16 bits per heavy atom. The minimum absolute atomic E-state index is 0.144. The van der Waals surface area contributed by atoms with Gasteiger partial charge in [0.2, 0.25) is 0 Å². The van der Waals surface area contributed by atoms with E-state index < -0.39 is 0 Å². The molecule has 0 saturated carbocycles. The molecule has 6 nitrogen and oxygen atoms in total. The number of aryl methyl sites for hydroxylation is 1. The lowest BCUT2D eigenvalue weighted by atomic mass is 10.1. The first-order valence-electron chi connectivity index (χ1n) is 9.48. The quantitative estimate of drug-likeness (QED) is 0.176. The molecule has 32 heavy (non-hydrogen) atoms. The van der Waals surface area contributed by atoms with Crippen LogP contribution in [0.15, 0.2) is 74.7 Å². The van der Waals surface area contributed by atoms with Crippen molar-refractivity contribution in [3.8, 4) is 17.1 Å². The molecule has 0 radical (unpaired) electrons. The lowest BCUT2D eigenvalue weighted by molar-refractivity contribution is -0.118. The highest BCUT2D eigenvalue weighted by Crippen LogP contribution is 2.28. The van der Waals surface area contributed by atoms with Crippen molar-refractivity contribution in [1.82, 2.24) is 20.2 Å².